The van der Waals surface area contributed by atoms with Gasteiger partial charge < -0.3 is 14.9 Å². The lowest BCUT2D eigenvalue weighted by molar-refractivity contribution is -0.386. The smallest absolute Gasteiger partial charge is 0.275 e. The zero-order valence-corrected chi connectivity index (χ0v) is 10.7. The van der Waals surface area contributed by atoms with Crippen LogP contribution in [0.1, 0.15) is 18.1 Å². The van der Waals surface area contributed by atoms with Crippen molar-refractivity contribution in [3.63, 3.8) is 0 Å². The number of methoxy groups -OCH3 is 1. The minimum atomic E-state index is -1.47. The molecule has 9 heteroatoms. The van der Waals surface area contributed by atoms with Crippen molar-refractivity contribution in [2.75, 3.05) is 13.7 Å². The van der Waals surface area contributed by atoms with Crippen LogP contribution in [0.15, 0.2) is 23.3 Å². The van der Waals surface area contributed by atoms with Gasteiger partial charge in [0.2, 0.25) is 0 Å². The lowest BCUT2D eigenvalue weighted by atomic mass is 10.00. The fourth-order valence-corrected chi connectivity index (χ4v) is 1.66. The van der Waals surface area contributed by atoms with Crippen LogP contribution in [0.3, 0.4) is 0 Å². The molecule has 2 atom stereocenters. The van der Waals surface area contributed by atoms with E-state index in [9.17, 15) is 20.3 Å². The molecule has 2 unspecified atom stereocenters. The summed E-state index contributed by atoms with van der Waals surface area (Å²) in [6.07, 6.45) is -2.77. The molecule has 0 aliphatic carbocycles. The summed E-state index contributed by atoms with van der Waals surface area (Å²) < 4.78 is 4.94. The minimum absolute atomic E-state index is 0.0143. The second-order valence-corrected chi connectivity index (χ2v) is 3.94. The van der Waals surface area contributed by atoms with Crippen molar-refractivity contribution in [2.45, 2.75) is 18.6 Å². The first kappa shape index (κ1) is 15.7. The van der Waals surface area contributed by atoms with E-state index in [1.54, 1.807) is 0 Å². The highest BCUT2D eigenvalue weighted by atomic mass is 16.6. The summed E-state index contributed by atoms with van der Waals surface area (Å²) in [5.41, 5.74) is 7.76. The molecule has 0 heterocycles. The highest BCUT2D eigenvalue weighted by molar-refractivity contribution is 5.46. The predicted octanol–water partition coefficient (Wildman–Crippen LogP) is 1.70. The summed E-state index contributed by atoms with van der Waals surface area (Å²) >= 11 is 0. The Bertz CT molecular complexity index is 530. The van der Waals surface area contributed by atoms with E-state index >= 15 is 0 Å². The summed E-state index contributed by atoms with van der Waals surface area (Å²) in [7, 11) is 1.38. The molecule has 1 aromatic rings. The number of azide groups is 1. The number of hydrogen-bond acceptors (Lipinski definition) is 6. The predicted molar refractivity (Wildman–Crippen MR) is 69.2 cm³/mol. The van der Waals surface area contributed by atoms with Gasteiger partial charge in [0, 0.05) is 17.5 Å². The normalized spacial score (nSPS) is 13.2. The van der Waals surface area contributed by atoms with E-state index < -0.39 is 17.1 Å². The maximum Gasteiger partial charge on any atom is 0.275 e. The molecule has 0 aliphatic rings. The molecule has 0 saturated carbocycles. The maximum atomic E-state index is 10.9. The molecule has 1 rings (SSSR count). The van der Waals surface area contributed by atoms with Gasteiger partial charge in [-0.05, 0) is 24.1 Å². The van der Waals surface area contributed by atoms with Gasteiger partial charge in [-0.3, -0.25) is 10.1 Å². The lowest BCUT2D eigenvalue weighted by Crippen LogP contribution is -2.20. The van der Waals surface area contributed by atoms with Crippen LogP contribution in [-0.2, 0) is 0 Å². The van der Waals surface area contributed by atoms with Crippen molar-refractivity contribution in [1.82, 2.24) is 0 Å². The highest BCUT2D eigenvalue weighted by Crippen LogP contribution is 2.31. The van der Waals surface area contributed by atoms with E-state index in [0.29, 0.717) is 5.75 Å². The Morgan fingerprint density at radius 2 is 2.25 bits per heavy atom. The Kier molecular flexibility index (Phi) is 5.73. The van der Waals surface area contributed by atoms with Crippen LogP contribution >= 0.6 is 0 Å². The molecule has 0 fully saturated rings. The number of aliphatic hydroxyl groups is 2. The Morgan fingerprint density at radius 3 is 2.80 bits per heavy atom. The van der Waals surface area contributed by atoms with Crippen LogP contribution in [0.25, 0.3) is 10.4 Å². The molecule has 0 amide bonds. The average Bonchev–Trinajstić information content (AvgIpc) is 2.45. The maximum absolute atomic E-state index is 10.9. The number of rotatable bonds is 7. The summed E-state index contributed by atoms with van der Waals surface area (Å²) in [6, 6.07) is 3.87. The fourth-order valence-electron chi connectivity index (χ4n) is 1.66. The van der Waals surface area contributed by atoms with Gasteiger partial charge >= 0.3 is 0 Å². The summed E-state index contributed by atoms with van der Waals surface area (Å²) in [5.74, 6) is 0.326. The van der Waals surface area contributed by atoms with Crippen molar-refractivity contribution >= 4 is 5.69 Å². The number of nitrogens with zero attached hydrogens (tertiary/aromatic N) is 4. The second kappa shape index (κ2) is 7.29. The van der Waals surface area contributed by atoms with Gasteiger partial charge in [-0.2, -0.15) is 0 Å². The third kappa shape index (κ3) is 3.82. The van der Waals surface area contributed by atoms with Gasteiger partial charge in [-0.15, -0.1) is 0 Å². The second-order valence-electron chi connectivity index (χ2n) is 3.94. The van der Waals surface area contributed by atoms with Crippen LogP contribution in [0.2, 0.25) is 0 Å². The molecule has 2 N–H and O–H groups in total. The van der Waals surface area contributed by atoms with E-state index in [0.717, 1.165) is 0 Å². The molecule has 0 aliphatic heterocycles. The number of nitro groups is 1. The van der Waals surface area contributed by atoms with E-state index in [-0.39, 0.29) is 24.2 Å². The van der Waals surface area contributed by atoms with Gasteiger partial charge in [-0.1, -0.05) is 5.11 Å². The average molecular weight is 282 g/mol. The number of ether oxygens (including phenoxy) is 1. The Morgan fingerprint density at radius 1 is 1.55 bits per heavy atom. The molecule has 20 heavy (non-hydrogen) atoms. The third-order valence-corrected chi connectivity index (χ3v) is 2.70. The topological polar surface area (TPSA) is 142 Å². The first-order chi connectivity index (χ1) is 9.51. The molecule has 1 aromatic carbocycles. The van der Waals surface area contributed by atoms with Crippen molar-refractivity contribution in [1.29, 1.82) is 0 Å². The molecular formula is C11H14N4O5. The molecular weight excluding hydrogens is 268 g/mol. The van der Waals surface area contributed by atoms with Crippen LogP contribution in [0, 0.1) is 10.1 Å². The highest BCUT2D eigenvalue weighted by Gasteiger charge is 2.26. The molecule has 0 aromatic heterocycles. The van der Waals surface area contributed by atoms with Crippen molar-refractivity contribution in [2.24, 2.45) is 5.11 Å². The fraction of sp³-hybridized carbons (Fsp3) is 0.455. The summed E-state index contributed by atoms with van der Waals surface area (Å²) in [6.45, 7) is -0.0213. The summed E-state index contributed by atoms with van der Waals surface area (Å²) in [4.78, 5) is 12.8. The molecule has 0 saturated heterocycles. The first-order valence-electron chi connectivity index (χ1n) is 5.70. The van der Waals surface area contributed by atoms with Gasteiger partial charge in [0.1, 0.15) is 11.9 Å². The van der Waals surface area contributed by atoms with E-state index in [4.69, 9.17) is 10.3 Å². The molecule has 0 spiro atoms. The van der Waals surface area contributed by atoms with Gasteiger partial charge in [0.15, 0.2) is 0 Å². The molecule has 108 valence electrons. The monoisotopic (exact) mass is 282 g/mol. The Labute approximate surface area is 114 Å². The van der Waals surface area contributed by atoms with Gasteiger partial charge in [0.25, 0.3) is 5.69 Å². The van der Waals surface area contributed by atoms with Crippen molar-refractivity contribution < 1.29 is 19.9 Å². The van der Waals surface area contributed by atoms with Crippen LogP contribution < -0.4 is 4.74 Å². The zero-order valence-electron chi connectivity index (χ0n) is 10.7. The SMILES string of the molecule is COc1ccc([N+](=O)[O-])c(C(O)C(O)CCN=[N+]=[N-])c1. The van der Waals surface area contributed by atoms with Gasteiger partial charge in [-0.25, -0.2) is 0 Å². The largest absolute Gasteiger partial charge is 0.497 e. The van der Waals surface area contributed by atoms with Crippen LogP contribution in [-0.4, -0.2) is 34.9 Å². The van der Waals surface area contributed by atoms with Crippen LogP contribution in [0.4, 0.5) is 5.69 Å². The first-order valence-corrected chi connectivity index (χ1v) is 5.70. The molecule has 0 radical (unpaired) electrons. The Balaban J connectivity index is 3.02. The van der Waals surface area contributed by atoms with E-state index in [1.807, 2.05) is 0 Å². The summed E-state index contributed by atoms with van der Waals surface area (Å²) in [5, 5.41) is 33.9. The van der Waals surface area contributed by atoms with Gasteiger partial charge in [0.05, 0.1) is 23.7 Å². The number of hydrogen-bond donors (Lipinski definition) is 2. The number of nitro benzene ring substituents is 1. The number of aliphatic hydroxyl groups excluding tert-OH is 2. The van der Waals surface area contributed by atoms with E-state index in [2.05, 4.69) is 10.0 Å². The van der Waals surface area contributed by atoms with Crippen LogP contribution in [0.5, 0.6) is 5.75 Å². The standard InChI is InChI=1S/C11H14N4O5/c1-20-7-2-3-9(15(18)19)8(6-7)11(17)10(16)4-5-13-14-12/h2-3,6,10-11,16-17H,4-5H2,1H3. The van der Waals surface area contributed by atoms with Crippen molar-refractivity contribution in [3.05, 3.63) is 44.3 Å². The number of benzene rings is 1. The molecule has 9 nitrogen and oxygen atoms in total. The minimum Gasteiger partial charge on any atom is -0.497 e. The lowest BCUT2D eigenvalue weighted by Gasteiger charge is -2.17. The van der Waals surface area contributed by atoms with E-state index in [1.165, 1.54) is 25.3 Å². The zero-order chi connectivity index (χ0) is 15.1. The molecule has 0 bridgehead atoms. The quantitative estimate of drug-likeness (QED) is 0.257. The third-order valence-electron chi connectivity index (χ3n) is 2.70. The Hall–Kier alpha value is -2.35. The van der Waals surface area contributed by atoms with Crippen molar-refractivity contribution in [3.8, 4) is 5.75 Å².